The van der Waals surface area contributed by atoms with E-state index >= 15 is 0 Å². The number of carbonyl (C=O) groups is 1. The Morgan fingerprint density at radius 2 is 1.75 bits per heavy atom. The van der Waals surface area contributed by atoms with E-state index in [9.17, 15) is 18.0 Å². The highest BCUT2D eigenvalue weighted by molar-refractivity contribution is 5.79. The summed E-state index contributed by atoms with van der Waals surface area (Å²) in [6, 6.07) is 9.86. The maximum absolute atomic E-state index is 12.6. The number of carbonyl (C=O) groups excluding carboxylic acids is 1. The van der Waals surface area contributed by atoms with Crippen molar-refractivity contribution in [2.75, 3.05) is 37.7 Å². The van der Waals surface area contributed by atoms with E-state index in [0.717, 1.165) is 23.6 Å². The first kappa shape index (κ1) is 20.0. The quantitative estimate of drug-likeness (QED) is 0.781. The van der Waals surface area contributed by atoms with Gasteiger partial charge < -0.3 is 14.5 Å². The predicted molar refractivity (Wildman–Crippen MR) is 99.3 cm³/mol. The molecular formula is C20H22F3N3O2. The van der Waals surface area contributed by atoms with Gasteiger partial charge >= 0.3 is 6.18 Å². The van der Waals surface area contributed by atoms with Crippen LogP contribution in [-0.2, 0) is 17.4 Å². The lowest BCUT2D eigenvalue weighted by atomic mass is 10.1. The Hall–Kier alpha value is -2.77. The van der Waals surface area contributed by atoms with E-state index in [4.69, 9.17) is 4.74 Å². The van der Waals surface area contributed by atoms with E-state index in [1.54, 1.807) is 4.90 Å². The highest BCUT2D eigenvalue weighted by Crippen LogP contribution is 2.29. The van der Waals surface area contributed by atoms with Crippen molar-refractivity contribution >= 4 is 11.7 Å². The zero-order valence-electron chi connectivity index (χ0n) is 15.6. The molecule has 1 saturated heterocycles. The van der Waals surface area contributed by atoms with Gasteiger partial charge in [-0.3, -0.25) is 4.79 Å². The number of anilines is 1. The van der Waals surface area contributed by atoms with Crippen molar-refractivity contribution in [1.82, 2.24) is 9.88 Å². The number of benzene rings is 1. The molecule has 1 fully saturated rings. The molecule has 2 aromatic rings. The molecule has 1 aromatic carbocycles. The van der Waals surface area contributed by atoms with Crippen molar-refractivity contribution in [2.24, 2.45) is 0 Å². The van der Waals surface area contributed by atoms with Crippen LogP contribution in [0.5, 0.6) is 5.75 Å². The van der Waals surface area contributed by atoms with Crippen molar-refractivity contribution in [2.45, 2.75) is 19.5 Å². The molecule has 5 nitrogen and oxygen atoms in total. The van der Waals surface area contributed by atoms with Crippen LogP contribution in [0.3, 0.4) is 0 Å². The lowest BCUT2D eigenvalue weighted by molar-refractivity contribution is -0.137. The second kappa shape index (κ2) is 8.50. The Morgan fingerprint density at radius 1 is 1.07 bits per heavy atom. The van der Waals surface area contributed by atoms with Crippen LogP contribution < -0.4 is 9.64 Å². The van der Waals surface area contributed by atoms with E-state index in [1.165, 1.54) is 6.07 Å². The Kier molecular flexibility index (Phi) is 6.06. The van der Waals surface area contributed by atoms with E-state index in [1.807, 2.05) is 36.1 Å². The topological polar surface area (TPSA) is 45.7 Å². The first-order chi connectivity index (χ1) is 13.4. The lowest BCUT2D eigenvalue weighted by Gasteiger charge is -2.35. The molecule has 0 aliphatic carbocycles. The van der Waals surface area contributed by atoms with Gasteiger partial charge in [0, 0.05) is 32.4 Å². The molecule has 28 heavy (non-hydrogen) atoms. The number of rotatable bonds is 5. The van der Waals surface area contributed by atoms with Gasteiger partial charge in [-0.1, -0.05) is 12.1 Å². The van der Waals surface area contributed by atoms with E-state index in [2.05, 4.69) is 4.98 Å². The van der Waals surface area contributed by atoms with Crippen molar-refractivity contribution in [1.29, 1.82) is 0 Å². The maximum atomic E-state index is 12.6. The zero-order valence-corrected chi connectivity index (χ0v) is 15.6. The molecule has 8 heteroatoms. The number of alkyl halides is 3. The normalized spacial score (nSPS) is 14.9. The second-order valence-electron chi connectivity index (χ2n) is 6.52. The Morgan fingerprint density at radius 3 is 2.29 bits per heavy atom. The summed E-state index contributed by atoms with van der Waals surface area (Å²) < 4.78 is 43.3. The van der Waals surface area contributed by atoms with Crippen LogP contribution >= 0.6 is 0 Å². The van der Waals surface area contributed by atoms with E-state index < -0.39 is 11.7 Å². The molecule has 3 rings (SSSR count). The molecule has 0 saturated carbocycles. The van der Waals surface area contributed by atoms with Gasteiger partial charge in [-0.2, -0.15) is 13.2 Å². The van der Waals surface area contributed by atoms with Gasteiger partial charge in [0.05, 0.1) is 18.6 Å². The number of amides is 1. The number of aromatic nitrogens is 1. The van der Waals surface area contributed by atoms with Crippen LogP contribution in [0.1, 0.15) is 18.1 Å². The van der Waals surface area contributed by atoms with Crippen LogP contribution in [0, 0.1) is 0 Å². The first-order valence-electron chi connectivity index (χ1n) is 9.14. The number of ether oxygens (including phenoxy) is 1. The van der Waals surface area contributed by atoms with Crippen LogP contribution in [0.15, 0.2) is 42.6 Å². The number of pyridine rings is 1. The summed E-state index contributed by atoms with van der Waals surface area (Å²) >= 11 is 0. The Labute approximate surface area is 161 Å². The molecule has 2 heterocycles. The van der Waals surface area contributed by atoms with E-state index in [-0.39, 0.29) is 5.91 Å². The number of piperazine rings is 1. The largest absolute Gasteiger partial charge is 0.494 e. The summed E-state index contributed by atoms with van der Waals surface area (Å²) in [4.78, 5) is 20.1. The number of hydrogen-bond donors (Lipinski definition) is 0. The van der Waals surface area contributed by atoms with Gasteiger partial charge in [-0.05, 0) is 36.8 Å². The molecule has 0 N–H and O–H groups in total. The number of nitrogens with zero attached hydrogens (tertiary/aromatic N) is 3. The highest BCUT2D eigenvalue weighted by atomic mass is 19.4. The third kappa shape index (κ3) is 4.94. The molecule has 150 valence electrons. The van der Waals surface area contributed by atoms with Crippen LogP contribution in [0.4, 0.5) is 19.0 Å². The molecule has 1 amide bonds. The van der Waals surface area contributed by atoms with Crippen LogP contribution in [0.2, 0.25) is 0 Å². The van der Waals surface area contributed by atoms with Crippen molar-refractivity contribution in [3.05, 3.63) is 53.7 Å². The summed E-state index contributed by atoms with van der Waals surface area (Å²) in [6.07, 6.45) is -3.23. The predicted octanol–water partition coefficient (Wildman–Crippen LogP) is 3.39. The second-order valence-corrected chi connectivity index (χ2v) is 6.52. The highest BCUT2D eigenvalue weighted by Gasteiger charge is 2.31. The van der Waals surface area contributed by atoms with Crippen molar-refractivity contribution in [3.8, 4) is 5.75 Å². The van der Waals surface area contributed by atoms with Crippen molar-refractivity contribution < 1.29 is 22.7 Å². The van der Waals surface area contributed by atoms with Gasteiger partial charge in [0.25, 0.3) is 0 Å². The molecule has 0 atom stereocenters. The lowest BCUT2D eigenvalue weighted by Crippen LogP contribution is -2.49. The third-order valence-corrected chi connectivity index (χ3v) is 4.62. The minimum absolute atomic E-state index is 0.0317. The summed E-state index contributed by atoms with van der Waals surface area (Å²) in [6.45, 7) is 4.60. The maximum Gasteiger partial charge on any atom is 0.417 e. The summed E-state index contributed by atoms with van der Waals surface area (Å²) in [5, 5.41) is 0. The van der Waals surface area contributed by atoms with E-state index in [0.29, 0.717) is 45.0 Å². The van der Waals surface area contributed by atoms with Crippen molar-refractivity contribution in [3.63, 3.8) is 0 Å². The monoisotopic (exact) mass is 393 g/mol. The fraction of sp³-hybridized carbons (Fsp3) is 0.400. The molecule has 0 bridgehead atoms. The summed E-state index contributed by atoms with van der Waals surface area (Å²) in [7, 11) is 0. The number of hydrogen-bond acceptors (Lipinski definition) is 4. The number of halogens is 3. The molecule has 1 aliphatic heterocycles. The zero-order chi connectivity index (χ0) is 20.1. The molecule has 0 unspecified atom stereocenters. The SMILES string of the molecule is CCOc1ccc(CC(=O)N2CCN(c3ccc(C(F)(F)F)cn3)CC2)cc1. The van der Waals surface area contributed by atoms with Gasteiger partial charge in [0.15, 0.2) is 0 Å². The Bertz CT molecular complexity index is 784. The Balaban J connectivity index is 1.52. The standard InChI is InChI=1S/C20H22F3N3O2/c1-2-28-17-6-3-15(4-7-17)13-19(27)26-11-9-25(10-12-26)18-8-5-16(14-24-18)20(21,22)23/h3-8,14H,2,9-13H2,1H3. The molecule has 0 radical (unpaired) electrons. The molecule has 0 spiro atoms. The minimum atomic E-state index is -4.39. The molecule has 1 aromatic heterocycles. The summed E-state index contributed by atoms with van der Waals surface area (Å²) in [5.74, 6) is 1.30. The smallest absolute Gasteiger partial charge is 0.417 e. The molecular weight excluding hydrogens is 371 g/mol. The minimum Gasteiger partial charge on any atom is -0.494 e. The first-order valence-corrected chi connectivity index (χ1v) is 9.14. The van der Waals surface area contributed by atoms with Crippen LogP contribution in [-0.4, -0.2) is 48.6 Å². The van der Waals surface area contributed by atoms with Gasteiger partial charge in [0.1, 0.15) is 11.6 Å². The average Bonchev–Trinajstić information content (AvgIpc) is 2.69. The van der Waals surface area contributed by atoms with Gasteiger partial charge in [-0.25, -0.2) is 4.98 Å². The fourth-order valence-electron chi connectivity index (χ4n) is 3.08. The fourth-order valence-corrected chi connectivity index (χ4v) is 3.08. The average molecular weight is 393 g/mol. The van der Waals surface area contributed by atoms with Gasteiger partial charge in [0.2, 0.25) is 5.91 Å². The molecule has 1 aliphatic rings. The summed E-state index contributed by atoms with van der Waals surface area (Å²) in [5.41, 5.74) is 0.153. The van der Waals surface area contributed by atoms with Gasteiger partial charge in [-0.15, -0.1) is 0 Å². The third-order valence-electron chi connectivity index (χ3n) is 4.62. The van der Waals surface area contributed by atoms with Crippen LogP contribution in [0.25, 0.3) is 0 Å².